The maximum atomic E-state index is 12.7. The van der Waals surface area contributed by atoms with Crippen molar-refractivity contribution in [3.63, 3.8) is 0 Å². The van der Waals surface area contributed by atoms with Crippen molar-refractivity contribution >= 4 is 41.5 Å². The van der Waals surface area contributed by atoms with Crippen LogP contribution < -0.4 is 5.73 Å². The Morgan fingerprint density at radius 1 is 0.923 bits per heavy atom. The first-order valence-corrected chi connectivity index (χ1v) is 8.54. The molecule has 26 heavy (non-hydrogen) atoms. The van der Waals surface area contributed by atoms with Crippen LogP contribution in [0.3, 0.4) is 0 Å². The first kappa shape index (κ1) is 20.1. The van der Waals surface area contributed by atoms with Crippen LogP contribution >= 0.6 is 24.0 Å². The van der Waals surface area contributed by atoms with Crippen LogP contribution in [0.1, 0.15) is 26.3 Å². The number of halogens is 2. The molecular weight excluding hydrogens is 373 g/mol. The molecule has 0 atom stereocenters. The Bertz CT molecular complexity index is 801. The Balaban J connectivity index is 0.00000243. The van der Waals surface area contributed by atoms with Crippen molar-refractivity contribution in [2.24, 2.45) is 0 Å². The molecule has 1 aliphatic rings. The van der Waals surface area contributed by atoms with Crippen LogP contribution in [0.2, 0.25) is 5.02 Å². The van der Waals surface area contributed by atoms with Gasteiger partial charge in [-0.05, 0) is 48.9 Å². The molecular formula is C19H21Cl2N3O2. The van der Waals surface area contributed by atoms with Crippen molar-refractivity contribution in [1.82, 2.24) is 9.80 Å². The Morgan fingerprint density at radius 2 is 1.46 bits per heavy atom. The molecule has 7 heteroatoms. The van der Waals surface area contributed by atoms with Gasteiger partial charge in [0.2, 0.25) is 0 Å². The molecule has 0 aliphatic carbocycles. The number of carbonyl (C=O) groups is 2. The highest BCUT2D eigenvalue weighted by Crippen LogP contribution is 2.17. The minimum Gasteiger partial charge on any atom is -0.399 e. The van der Waals surface area contributed by atoms with Gasteiger partial charge in [-0.3, -0.25) is 9.59 Å². The summed E-state index contributed by atoms with van der Waals surface area (Å²) in [5, 5.41) is 0.601. The van der Waals surface area contributed by atoms with Crippen LogP contribution in [0, 0.1) is 6.92 Å². The molecule has 138 valence electrons. The van der Waals surface area contributed by atoms with Gasteiger partial charge in [0.1, 0.15) is 0 Å². The standard InChI is InChI=1S/C19H20ClN3O2.ClH/c1-13-2-7-16(21)12-17(13)19(25)23-10-8-22(9-11-23)18(24)14-3-5-15(20)6-4-14;/h2-7,12H,8-11,21H2,1H3;1H. The number of piperazine rings is 1. The quantitative estimate of drug-likeness (QED) is 0.796. The van der Waals surface area contributed by atoms with Gasteiger partial charge in [-0.2, -0.15) is 0 Å². The molecule has 0 saturated carbocycles. The first-order chi connectivity index (χ1) is 12.0. The van der Waals surface area contributed by atoms with Crippen LogP contribution in [0.5, 0.6) is 0 Å². The minimum absolute atomic E-state index is 0. The van der Waals surface area contributed by atoms with E-state index >= 15 is 0 Å². The normalized spacial score (nSPS) is 13.9. The van der Waals surface area contributed by atoms with E-state index in [1.807, 2.05) is 13.0 Å². The van der Waals surface area contributed by atoms with Crippen molar-refractivity contribution in [3.8, 4) is 0 Å². The van der Waals surface area contributed by atoms with E-state index in [1.165, 1.54) is 0 Å². The average Bonchev–Trinajstić information content (AvgIpc) is 2.63. The summed E-state index contributed by atoms with van der Waals surface area (Å²) >= 11 is 5.86. The van der Waals surface area contributed by atoms with Crippen molar-refractivity contribution in [1.29, 1.82) is 0 Å². The van der Waals surface area contributed by atoms with E-state index in [0.717, 1.165) is 5.56 Å². The van der Waals surface area contributed by atoms with Crippen LogP contribution in [0.15, 0.2) is 42.5 Å². The van der Waals surface area contributed by atoms with E-state index in [4.69, 9.17) is 17.3 Å². The minimum atomic E-state index is -0.0385. The van der Waals surface area contributed by atoms with Crippen molar-refractivity contribution in [2.45, 2.75) is 6.92 Å². The van der Waals surface area contributed by atoms with Gasteiger partial charge in [0.05, 0.1) is 0 Å². The van der Waals surface area contributed by atoms with Gasteiger partial charge in [-0.15, -0.1) is 12.4 Å². The summed E-state index contributed by atoms with van der Waals surface area (Å²) in [5.74, 6) is -0.0766. The highest BCUT2D eigenvalue weighted by atomic mass is 35.5. The van der Waals surface area contributed by atoms with Crippen LogP contribution in [0.4, 0.5) is 5.69 Å². The molecule has 0 bridgehead atoms. The van der Waals surface area contributed by atoms with Crippen molar-refractivity contribution < 1.29 is 9.59 Å². The second kappa shape index (κ2) is 8.43. The molecule has 2 aromatic rings. The molecule has 1 saturated heterocycles. The number of nitrogens with two attached hydrogens (primary N) is 1. The molecule has 0 aromatic heterocycles. The highest BCUT2D eigenvalue weighted by Gasteiger charge is 2.26. The summed E-state index contributed by atoms with van der Waals surface area (Å²) in [4.78, 5) is 28.8. The third kappa shape index (κ3) is 4.29. The Kier molecular flexibility index (Phi) is 6.51. The summed E-state index contributed by atoms with van der Waals surface area (Å²) in [6.45, 7) is 3.93. The summed E-state index contributed by atoms with van der Waals surface area (Å²) in [7, 11) is 0. The third-order valence-corrected chi connectivity index (χ3v) is 4.69. The van der Waals surface area contributed by atoms with Gasteiger partial charge in [-0.25, -0.2) is 0 Å². The molecule has 1 aliphatic heterocycles. The largest absolute Gasteiger partial charge is 0.399 e. The SMILES string of the molecule is Cc1ccc(N)cc1C(=O)N1CCN(C(=O)c2ccc(Cl)cc2)CC1.Cl. The van der Waals surface area contributed by atoms with Gasteiger partial charge >= 0.3 is 0 Å². The predicted octanol–water partition coefficient (Wildman–Crippen LogP) is 3.25. The number of benzene rings is 2. The smallest absolute Gasteiger partial charge is 0.254 e. The maximum absolute atomic E-state index is 12.7. The summed E-state index contributed by atoms with van der Waals surface area (Å²) in [5.41, 5.74) is 8.50. The van der Waals surface area contributed by atoms with Gasteiger partial charge in [0.15, 0.2) is 0 Å². The number of nitrogens with zero attached hydrogens (tertiary/aromatic N) is 2. The molecule has 2 N–H and O–H groups in total. The average molecular weight is 394 g/mol. The van der Waals surface area contributed by atoms with Crippen LogP contribution in [0.25, 0.3) is 0 Å². The van der Waals surface area contributed by atoms with E-state index in [0.29, 0.717) is 48.0 Å². The highest BCUT2D eigenvalue weighted by molar-refractivity contribution is 6.30. The number of hydrogen-bond donors (Lipinski definition) is 1. The number of aryl methyl sites for hydroxylation is 1. The van der Waals surface area contributed by atoms with E-state index in [2.05, 4.69) is 0 Å². The van der Waals surface area contributed by atoms with E-state index in [-0.39, 0.29) is 24.2 Å². The van der Waals surface area contributed by atoms with Crippen molar-refractivity contribution in [2.75, 3.05) is 31.9 Å². The van der Waals surface area contributed by atoms with Gasteiger partial charge in [0.25, 0.3) is 11.8 Å². The number of rotatable bonds is 2. The van der Waals surface area contributed by atoms with E-state index < -0.39 is 0 Å². The van der Waals surface area contributed by atoms with Crippen LogP contribution in [-0.4, -0.2) is 47.8 Å². The second-order valence-electron chi connectivity index (χ2n) is 6.17. The van der Waals surface area contributed by atoms with E-state index in [9.17, 15) is 9.59 Å². The zero-order valence-corrected chi connectivity index (χ0v) is 16.0. The Labute approximate surface area is 164 Å². The topological polar surface area (TPSA) is 66.6 Å². The third-order valence-electron chi connectivity index (χ3n) is 4.44. The fourth-order valence-corrected chi connectivity index (χ4v) is 3.05. The lowest BCUT2D eigenvalue weighted by atomic mass is 10.1. The molecule has 0 radical (unpaired) electrons. The number of hydrogen-bond acceptors (Lipinski definition) is 3. The number of anilines is 1. The zero-order valence-electron chi connectivity index (χ0n) is 14.4. The summed E-state index contributed by atoms with van der Waals surface area (Å²) in [6, 6.07) is 12.2. The fourth-order valence-electron chi connectivity index (χ4n) is 2.93. The molecule has 5 nitrogen and oxygen atoms in total. The lowest BCUT2D eigenvalue weighted by Crippen LogP contribution is -2.50. The van der Waals surface area contributed by atoms with Gasteiger partial charge in [0, 0.05) is 48.0 Å². The Morgan fingerprint density at radius 3 is 2.04 bits per heavy atom. The van der Waals surface area contributed by atoms with Crippen molar-refractivity contribution in [3.05, 3.63) is 64.2 Å². The molecule has 2 aromatic carbocycles. The second-order valence-corrected chi connectivity index (χ2v) is 6.60. The Hall–Kier alpha value is -2.24. The van der Waals surface area contributed by atoms with Crippen LogP contribution in [-0.2, 0) is 0 Å². The molecule has 3 rings (SSSR count). The molecule has 2 amide bonds. The number of nitrogen functional groups attached to an aromatic ring is 1. The molecule has 0 spiro atoms. The summed E-state index contributed by atoms with van der Waals surface area (Å²) in [6.07, 6.45) is 0. The maximum Gasteiger partial charge on any atom is 0.254 e. The molecule has 1 heterocycles. The number of amides is 2. The lowest BCUT2D eigenvalue weighted by Gasteiger charge is -2.35. The fraction of sp³-hybridized carbons (Fsp3) is 0.263. The van der Waals surface area contributed by atoms with Gasteiger partial charge < -0.3 is 15.5 Å². The molecule has 0 unspecified atom stereocenters. The lowest BCUT2D eigenvalue weighted by molar-refractivity contribution is 0.0535. The zero-order chi connectivity index (χ0) is 18.0. The molecule has 1 fully saturated rings. The predicted molar refractivity (Wildman–Crippen MR) is 106 cm³/mol. The van der Waals surface area contributed by atoms with E-state index in [1.54, 1.807) is 46.2 Å². The van der Waals surface area contributed by atoms with Gasteiger partial charge in [-0.1, -0.05) is 17.7 Å². The monoisotopic (exact) mass is 393 g/mol. The summed E-state index contributed by atoms with van der Waals surface area (Å²) < 4.78 is 0. The first-order valence-electron chi connectivity index (χ1n) is 8.16. The number of carbonyl (C=O) groups excluding carboxylic acids is 2.